The van der Waals surface area contributed by atoms with Gasteiger partial charge in [0.1, 0.15) is 11.8 Å². The van der Waals surface area contributed by atoms with Gasteiger partial charge in [-0.2, -0.15) is 18.2 Å². The quantitative estimate of drug-likeness (QED) is 0.549. The zero-order valence-electron chi connectivity index (χ0n) is 17.2. The maximum Gasteiger partial charge on any atom is 0.416 e. The molecule has 0 saturated heterocycles. The molecule has 0 aliphatic heterocycles. The minimum atomic E-state index is -4.46. The lowest BCUT2D eigenvalue weighted by molar-refractivity contribution is -0.137. The predicted molar refractivity (Wildman–Crippen MR) is 107 cm³/mol. The average molecular weight is 433 g/mol. The molecular weight excluding hydrogens is 411 g/mol. The Kier molecular flexibility index (Phi) is 6.62. The normalized spacial score (nSPS) is 13.5. The predicted octanol–water partition coefficient (Wildman–Crippen LogP) is 5.28. The van der Waals surface area contributed by atoms with E-state index in [1.165, 1.54) is 0 Å². The summed E-state index contributed by atoms with van der Waals surface area (Å²) in [5.41, 5.74) is -0.0255. The smallest absolute Gasteiger partial charge is 0.416 e. The molecule has 31 heavy (non-hydrogen) atoms. The third-order valence-electron chi connectivity index (χ3n) is 5.01. The van der Waals surface area contributed by atoms with Gasteiger partial charge < -0.3 is 14.6 Å². The van der Waals surface area contributed by atoms with Gasteiger partial charge in [0.2, 0.25) is 11.7 Å². The van der Waals surface area contributed by atoms with Crippen LogP contribution in [0.25, 0.3) is 11.4 Å². The van der Waals surface area contributed by atoms with Gasteiger partial charge in [-0.15, -0.1) is 0 Å². The van der Waals surface area contributed by atoms with Gasteiger partial charge in [0.05, 0.1) is 12.7 Å². The third-order valence-corrected chi connectivity index (χ3v) is 5.01. The molecule has 0 fully saturated rings. The second-order valence-electron chi connectivity index (χ2n) is 7.10. The minimum absolute atomic E-state index is 0.0583. The monoisotopic (exact) mass is 433 g/mol. The number of alkyl halides is 3. The maximum atomic E-state index is 12.8. The minimum Gasteiger partial charge on any atom is -0.497 e. The molecule has 0 unspecified atom stereocenters. The van der Waals surface area contributed by atoms with E-state index in [1.807, 2.05) is 13.8 Å². The number of hydrogen-bond acceptors (Lipinski definition) is 5. The highest BCUT2D eigenvalue weighted by Crippen LogP contribution is 2.30. The number of nitrogens with zero attached hydrogens (tertiary/aromatic N) is 2. The van der Waals surface area contributed by atoms with Crippen LogP contribution in [-0.2, 0) is 6.18 Å². The number of halogens is 3. The van der Waals surface area contributed by atoms with Crippen molar-refractivity contribution >= 4 is 5.91 Å². The van der Waals surface area contributed by atoms with Gasteiger partial charge in [-0.05, 0) is 42.3 Å². The molecule has 3 aromatic rings. The summed E-state index contributed by atoms with van der Waals surface area (Å²) in [4.78, 5) is 17.1. The van der Waals surface area contributed by atoms with Crippen LogP contribution in [0.5, 0.6) is 5.75 Å². The number of methoxy groups -OCH3 is 1. The topological polar surface area (TPSA) is 77.2 Å². The SMILES string of the molecule is CC[C@H](C)[C@H](NC(=O)c1ccc(C(F)(F)F)cc1)c1nc(-c2cccc(OC)c2)no1. The molecule has 0 radical (unpaired) electrons. The molecule has 1 amide bonds. The molecule has 1 aromatic heterocycles. The molecule has 2 atom stereocenters. The Balaban J connectivity index is 1.82. The van der Waals surface area contributed by atoms with Crippen LogP contribution in [0.1, 0.15) is 48.1 Å². The Bertz CT molecular complexity index is 1030. The van der Waals surface area contributed by atoms with Crippen molar-refractivity contribution < 1.29 is 27.2 Å². The molecule has 9 heteroatoms. The Morgan fingerprint density at radius 3 is 2.52 bits per heavy atom. The summed E-state index contributed by atoms with van der Waals surface area (Å²) >= 11 is 0. The fourth-order valence-corrected chi connectivity index (χ4v) is 2.96. The third kappa shape index (κ3) is 5.22. The van der Waals surface area contributed by atoms with Crippen LogP contribution in [0.15, 0.2) is 53.1 Å². The Morgan fingerprint density at radius 2 is 1.90 bits per heavy atom. The van der Waals surface area contributed by atoms with Crippen molar-refractivity contribution in [3.63, 3.8) is 0 Å². The zero-order valence-corrected chi connectivity index (χ0v) is 17.2. The summed E-state index contributed by atoms with van der Waals surface area (Å²) in [5.74, 6) is 0.605. The first kappa shape index (κ1) is 22.3. The molecule has 0 saturated carbocycles. The molecule has 0 spiro atoms. The highest BCUT2D eigenvalue weighted by atomic mass is 19.4. The van der Waals surface area contributed by atoms with Crippen molar-refractivity contribution in [2.24, 2.45) is 5.92 Å². The fraction of sp³-hybridized carbons (Fsp3) is 0.318. The Hall–Kier alpha value is -3.36. The summed E-state index contributed by atoms with van der Waals surface area (Å²) in [6, 6.07) is 10.6. The van der Waals surface area contributed by atoms with E-state index in [4.69, 9.17) is 9.26 Å². The number of rotatable bonds is 7. The Labute approximate surface area is 177 Å². The van der Waals surface area contributed by atoms with E-state index in [0.29, 0.717) is 23.6 Å². The van der Waals surface area contributed by atoms with Crippen molar-refractivity contribution in [3.05, 3.63) is 65.5 Å². The summed E-state index contributed by atoms with van der Waals surface area (Å²) in [6.07, 6.45) is -3.76. The number of benzene rings is 2. The van der Waals surface area contributed by atoms with Crippen LogP contribution in [-0.4, -0.2) is 23.2 Å². The lowest BCUT2D eigenvalue weighted by Gasteiger charge is -2.21. The molecule has 6 nitrogen and oxygen atoms in total. The fourth-order valence-electron chi connectivity index (χ4n) is 2.96. The largest absolute Gasteiger partial charge is 0.497 e. The first-order valence-electron chi connectivity index (χ1n) is 9.69. The number of aromatic nitrogens is 2. The second kappa shape index (κ2) is 9.20. The van der Waals surface area contributed by atoms with Gasteiger partial charge in [-0.1, -0.05) is 37.6 Å². The van der Waals surface area contributed by atoms with Crippen LogP contribution in [0, 0.1) is 5.92 Å². The summed E-state index contributed by atoms with van der Waals surface area (Å²) in [5, 5.41) is 6.80. The zero-order chi connectivity index (χ0) is 22.6. The van der Waals surface area contributed by atoms with Gasteiger partial charge in [-0.3, -0.25) is 4.79 Å². The van der Waals surface area contributed by atoms with Gasteiger partial charge in [-0.25, -0.2) is 0 Å². The first-order chi connectivity index (χ1) is 14.7. The lowest BCUT2D eigenvalue weighted by atomic mass is 9.98. The van der Waals surface area contributed by atoms with Gasteiger partial charge in [0.25, 0.3) is 5.91 Å². The molecular formula is C22H22F3N3O3. The summed E-state index contributed by atoms with van der Waals surface area (Å²) in [6.45, 7) is 3.86. The van der Waals surface area contributed by atoms with E-state index in [0.717, 1.165) is 24.3 Å². The van der Waals surface area contributed by atoms with E-state index in [9.17, 15) is 18.0 Å². The molecule has 0 bridgehead atoms. The van der Waals surface area contributed by atoms with E-state index < -0.39 is 23.7 Å². The number of hydrogen-bond donors (Lipinski definition) is 1. The van der Waals surface area contributed by atoms with Crippen LogP contribution in [0.2, 0.25) is 0 Å². The number of carbonyl (C=O) groups is 1. The van der Waals surface area contributed by atoms with E-state index >= 15 is 0 Å². The number of ether oxygens (including phenoxy) is 1. The summed E-state index contributed by atoms with van der Waals surface area (Å²) < 4.78 is 48.9. The van der Waals surface area contributed by atoms with Crippen molar-refractivity contribution in [1.29, 1.82) is 0 Å². The number of carbonyl (C=O) groups excluding carboxylic acids is 1. The highest BCUT2D eigenvalue weighted by molar-refractivity contribution is 5.94. The lowest BCUT2D eigenvalue weighted by Crippen LogP contribution is -2.32. The number of nitrogens with one attached hydrogen (secondary N) is 1. The van der Waals surface area contributed by atoms with Crippen molar-refractivity contribution in [2.75, 3.05) is 7.11 Å². The van der Waals surface area contributed by atoms with Crippen LogP contribution >= 0.6 is 0 Å². The van der Waals surface area contributed by atoms with Crippen molar-refractivity contribution in [2.45, 2.75) is 32.5 Å². The second-order valence-corrected chi connectivity index (χ2v) is 7.10. The standard InChI is InChI=1S/C22H22F3N3O3/c1-4-13(2)18(26-20(29)14-8-10-16(11-9-14)22(23,24)25)21-27-19(28-31-21)15-6-5-7-17(12-15)30-3/h5-13,18H,4H2,1-3H3,(H,26,29)/t13-,18-/m0/s1. The Morgan fingerprint density at radius 1 is 1.19 bits per heavy atom. The van der Waals surface area contributed by atoms with Crippen molar-refractivity contribution in [1.82, 2.24) is 15.5 Å². The first-order valence-corrected chi connectivity index (χ1v) is 9.69. The highest BCUT2D eigenvalue weighted by Gasteiger charge is 2.31. The van der Waals surface area contributed by atoms with Crippen molar-refractivity contribution in [3.8, 4) is 17.1 Å². The molecule has 0 aliphatic carbocycles. The van der Waals surface area contributed by atoms with Crippen LogP contribution < -0.4 is 10.1 Å². The van der Waals surface area contributed by atoms with E-state index in [1.54, 1.807) is 31.4 Å². The summed E-state index contributed by atoms with van der Waals surface area (Å²) in [7, 11) is 1.55. The maximum absolute atomic E-state index is 12.8. The van der Waals surface area contributed by atoms with Gasteiger partial charge in [0, 0.05) is 11.1 Å². The average Bonchev–Trinajstić information content (AvgIpc) is 3.26. The molecule has 2 aromatic carbocycles. The molecule has 3 rings (SSSR count). The van der Waals surface area contributed by atoms with Crippen LogP contribution in [0.4, 0.5) is 13.2 Å². The molecule has 1 heterocycles. The van der Waals surface area contributed by atoms with E-state index in [-0.39, 0.29) is 17.4 Å². The molecule has 164 valence electrons. The van der Waals surface area contributed by atoms with Crippen LogP contribution in [0.3, 0.4) is 0 Å². The van der Waals surface area contributed by atoms with Gasteiger partial charge >= 0.3 is 6.18 Å². The number of amides is 1. The molecule has 0 aliphatic rings. The van der Waals surface area contributed by atoms with Gasteiger partial charge in [0.15, 0.2) is 0 Å². The molecule has 1 N–H and O–H groups in total. The van der Waals surface area contributed by atoms with E-state index in [2.05, 4.69) is 15.5 Å².